The molecule has 4 aromatic rings. The lowest BCUT2D eigenvalue weighted by Crippen LogP contribution is -2.56. The maximum Gasteiger partial charge on any atom is 0.274 e. The average Bonchev–Trinajstić information content (AvgIpc) is 3.87. The topological polar surface area (TPSA) is 176 Å². The number of nitrogens with one attached hydrogen (secondary N) is 4. The number of amides is 4. The summed E-state index contributed by atoms with van der Waals surface area (Å²) in [7, 11) is 0. The van der Waals surface area contributed by atoms with Gasteiger partial charge in [0, 0.05) is 49.9 Å². The number of aryl methyl sites for hydroxylation is 1. The number of hydrogen-bond acceptors (Lipinski definition) is 8. The predicted molar refractivity (Wildman–Crippen MR) is 188 cm³/mol. The number of nitrogens with zero attached hydrogens (tertiary/aromatic N) is 5. The van der Waals surface area contributed by atoms with Crippen molar-refractivity contribution in [1.82, 2.24) is 46.0 Å². The Balaban J connectivity index is 1.25. The van der Waals surface area contributed by atoms with Crippen molar-refractivity contribution < 1.29 is 23.9 Å². The molecule has 2 aromatic heterocycles. The van der Waals surface area contributed by atoms with Crippen LogP contribution in [0, 0.1) is 5.92 Å². The van der Waals surface area contributed by atoms with Gasteiger partial charge in [-0.1, -0.05) is 61.5 Å². The van der Waals surface area contributed by atoms with Gasteiger partial charge in [0.05, 0.1) is 18.7 Å². The molecule has 0 saturated heterocycles. The Morgan fingerprint density at radius 1 is 0.961 bits per heavy atom. The average molecular weight is 696 g/mol. The van der Waals surface area contributed by atoms with Crippen LogP contribution in [0.2, 0.25) is 0 Å². The first kappa shape index (κ1) is 35.3. The minimum atomic E-state index is -0.928. The molecule has 14 heteroatoms. The standard InChI is InChI=1S/C37H45N9O5/c1-24(2)33-36(49)39-31(21-25-8-4-3-5-9-25)35(48)38-15-17-45(37(50)34-29-12-7-13-30(29)42-43-34)16-14-27-23-46(44-41-27)18-19-51-28-11-6-10-26(20-28)22-32(47)40-33/h3-6,8-11,20,23-24,31,33H,7,12-19,21-22H2,1-2H3,(H,38,48)(H,39,49)(H,40,47)(H,42,43)/t31-,33+/m0/s1. The first-order valence-electron chi connectivity index (χ1n) is 17.6. The van der Waals surface area contributed by atoms with Crippen molar-refractivity contribution in [3.05, 3.63) is 94.6 Å². The monoisotopic (exact) mass is 695 g/mol. The van der Waals surface area contributed by atoms with Gasteiger partial charge < -0.3 is 25.6 Å². The van der Waals surface area contributed by atoms with Crippen molar-refractivity contribution >= 4 is 23.6 Å². The quantitative estimate of drug-likeness (QED) is 0.250. The van der Waals surface area contributed by atoms with Crippen molar-refractivity contribution in [1.29, 1.82) is 0 Å². The highest BCUT2D eigenvalue weighted by atomic mass is 16.5. The zero-order valence-corrected chi connectivity index (χ0v) is 29.1. The SMILES string of the molecule is CC(C)[C@H]1NC(=O)Cc2cccc(c2)OCCn2cc(nn2)CCN(C(=O)c2n[nH]c3c2CCC3)CCNC(=O)[C@H](Cc2ccccc2)NC1=O. The van der Waals surface area contributed by atoms with E-state index < -0.39 is 23.9 Å². The van der Waals surface area contributed by atoms with Gasteiger partial charge >= 0.3 is 0 Å². The number of carbonyl (C=O) groups excluding carboxylic acids is 4. The van der Waals surface area contributed by atoms with E-state index in [0.717, 1.165) is 41.6 Å². The third kappa shape index (κ3) is 9.18. The van der Waals surface area contributed by atoms with Gasteiger partial charge in [0.15, 0.2) is 5.69 Å². The number of ether oxygens (including phenoxy) is 1. The van der Waals surface area contributed by atoms with Crippen LogP contribution >= 0.6 is 0 Å². The summed E-state index contributed by atoms with van der Waals surface area (Å²) in [6.45, 7) is 5.15. The molecule has 6 rings (SSSR count). The number of aromatic amines is 1. The molecule has 2 atom stereocenters. The third-order valence-corrected chi connectivity index (χ3v) is 9.23. The minimum absolute atomic E-state index is 0.0460. The molecule has 4 bridgehead atoms. The lowest BCUT2D eigenvalue weighted by Gasteiger charge is -2.26. The van der Waals surface area contributed by atoms with Crippen molar-refractivity contribution in [2.24, 2.45) is 5.92 Å². The van der Waals surface area contributed by atoms with Gasteiger partial charge in [0.2, 0.25) is 17.7 Å². The molecular formula is C37H45N9O5. The third-order valence-electron chi connectivity index (χ3n) is 9.23. The molecule has 1 aliphatic heterocycles. The number of hydrogen-bond donors (Lipinski definition) is 4. The second kappa shape index (κ2) is 16.5. The van der Waals surface area contributed by atoms with Gasteiger partial charge in [-0.15, -0.1) is 5.10 Å². The summed E-state index contributed by atoms with van der Waals surface area (Å²) >= 11 is 0. The smallest absolute Gasteiger partial charge is 0.274 e. The highest BCUT2D eigenvalue weighted by Crippen LogP contribution is 2.24. The van der Waals surface area contributed by atoms with Gasteiger partial charge in [-0.3, -0.25) is 24.3 Å². The Morgan fingerprint density at radius 2 is 1.80 bits per heavy atom. The Labute approximate surface area is 296 Å². The fraction of sp³-hybridized carbons (Fsp3) is 0.432. The normalized spacial score (nSPS) is 19.4. The lowest BCUT2D eigenvalue weighted by molar-refractivity contribution is -0.132. The van der Waals surface area contributed by atoms with E-state index >= 15 is 0 Å². The van der Waals surface area contributed by atoms with Gasteiger partial charge in [0.1, 0.15) is 24.4 Å². The highest BCUT2D eigenvalue weighted by molar-refractivity contribution is 5.94. The van der Waals surface area contributed by atoms with Gasteiger partial charge in [-0.25, -0.2) is 4.68 Å². The summed E-state index contributed by atoms with van der Waals surface area (Å²) in [5.41, 5.74) is 4.66. The van der Waals surface area contributed by atoms with E-state index in [0.29, 0.717) is 43.3 Å². The summed E-state index contributed by atoms with van der Waals surface area (Å²) in [5, 5.41) is 24.7. The molecule has 4 N–H and O–H groups in total. The van der Waals surface area contributed by atoms with E-state index in [9.17, 15) is 19.2 Å². The van der Waals surface area contributed by atoms with E-state index in [1.54, 1.807) is 15.6 Å². The molecule has 0 fully saturated rings. The summed E-state index contributed by atoms with van der Waals surface area (Å²) in [5.74, 6) is -1.05. The van der Waals surface area contributed by atoms with Crippen LogP contribution in [0.3, 0.4) is 0 Å². The number of H-pyrrole nitrogens is 1. The molecule has 0 spiro atoms. The molecule has 2 aliphatic rings. The maximum atomic E-state index is 13.9. The first-order valence-corrected chi connectivity index (χ1v) is 17.6. The first-order chi connectivity index (χ1) is 24.7. The second-order valence-electron chi connectivity index (χ2n) is 13.4. The summed E-state index contributed by atoms with van der Waals surface area (Å²) in [6, 6.07) is 14.9. The lowest BCUT2D eigenvalue weighted by atomic mass is 10.0. The van der Waals surface area contributed by atoms with Gasteiger partial charge in [-0.2, -0.15) is 5.10 Å². The predicted octanol–water partition coefficient (Wildman–Crippen LogP) is 1.79. The van der Waals surface area contributed by atoms with Crippen LogP contribution in [0.25, 0.3) is 0 Å². The molecule has 0 saturated carbocycles. The van der Waals surface area contributed by atoms with E-state index in [2.05, 4.69) is 36.5 Å². The molecule has 4 amide bonds. The Kier molecular flexibility index (Phi) is 11.4. The van der Waals surface area contributed by atoms with Crippen LogP contribution in [0.15, 0.2) is 60.8 Å². The van der Waals surface area contributed by atoms with Crippen molar-refractivity contribution in [2.75, 3.05) is 26.2 Å². The number of fused-ring (bicyclic) bond motifs is 5. The van der Waals surface area contributed by atoms with E-state index in [-0.39, 0.29) is 43.7 Å². The van der Waals surface area contributed by atoms with E-state index in [1.165, 1.54) is 0 Å². The van der Waals surface area contributed by atoms with Crippen LogP contribution in [0.4, 0.5) is 0 Å². The number of benzene rings is 2. The highest BCUT2D eigenvalue weighted by Gasteiger charge is 2.30. The van der Waals surface area contributed by atoms with Crippen molar-refractivity contribution in [3.8, 4) is 5.75 Å². The molecule has 2 aromatic carbocycles. The molecule has 0 radical (unpaired) electrons. The zero-order chi connectivity index (χ0) is 35.7. The van der Waals surface area contributed by atoms with Crippen LogP contribution in [-0.4, -0.2) is 92.0 Å². The fourth-order valence-electron chi connectivity index (χ4n) is 6.48. The molecule has 51 heavy (non-hydrogen) atoms. The number of rotatable bonds is 4. The minimum Gasteiger partial charge on any atom is -0.492 e. The Morgan fingerprint density at radius 3 is 2.63 bits per heavy atom. The van der Waals surface area contributed by atoms with Gasteiger partial charge in [-0.05, 0) is 48.4 Å². The Bertz CT molecular complexity index is 1840. The number of carbonyl (C=O) groups is 4. The van der Waals surface area contributed by atoms with Crippen LogP contribution in [-0.2, 0) is 53.0 Å². The van der Waals surface area contributed by atoms with Crippen molar-refractivity contribution in [2.45, 2.75) is 71.0 Å². The molecule has 14 nitrogen and oxygen atoms in total. The number of aromatic nitrogens is 5. The second-order valence-corrected chi connectivity index (χ2v) is 13.4. The van der Waals surface area contributed by atoms with E-state index in [1.807, 2.05) is 68.6 Å². The molecule has 1 aliphatic carbocycles. The molecule has 268 valence electrons. The van der Waals surface area contributed by atoms with Crippen LogP contribution in [0.5, 0.6) is 5.75 Å². The largest absolute Gasteiger partial charge is 0.492 e. The molecule has 3 heterocycles. The fourth-order valence-corrected chi connectivity index (χ4v) is 6.48. The Hall–Kier alpha value is -5.53. The summed E-state index contributed by atoms with van der Waals surface area (Å²) < 4.78 is 7.65. The zero-order valence-electron chi connectivity index (χ0n) is 29.1. The van der Waals surface area contributed by atoms with Crippen LogP contribution < -0.4 is 20.7 Å². The summed E-state index contributed by atoms with van der Waals surface area (Å²) in [6.07, 6.45) is 5.18. The summed E-state index contributed by atoms with van der Waals surface area (Å²) in [4.78, 5) is 56.2. The molecular weight excluding hydrogens is 650 g/mol. The van der Waals surface area contributed by atoms with Gasteiger partial charge in [0.25, 0.3) is 5.91 Å². The molecule has 0 unspecified atom stereocenters. The van der Waals surface area contributed by atoms with Crippen LogP contribution in [0.1, 0.15) is 58.8 Å². The van der Waals surface area contributed by atoms with E-state index in [4.69, 9.17) is 4.74 Å². The van der Waals surface area contributed by atoms with Crippen molar-refractivity contribution in [3.63, 3.8) is 0 Å². The maximum absolute atomic E-state index is 13.9.